The Balaban J connectivity index is 1.32. The number of rotatable bonds is 4. The van der Waals surface area contributed by atoms with Gasteiger partial charge < -0.3 is 4.90 Å². The summed E-state index contributed by atoms with van der Waals surface area (Å²) in [5, 5.41) is 7.90. The summed E-state index contributed by atoms with van der Waals surface area (Å²) in [6, 6.07) is 3.31. The monoisotopic (exact) mass is 345 g/mol. The largest absolute Gasteiger partial charge is 0.324 e. The first kappa shape index (κ1) is 15.3. The normalized spacial score (nSPS) is 17.6. The number of carbonyl (C=O) groups excluding carboxylic acids is 1. The predicted octanol–water partition coefficient (Wildman–Crippen LogP) is 2.05. The molecular formula is C16H19N5O2S. The number of likely N-dealkylation sites (tertiary alicyclic amines) is 1. The van der Waals surface area contributed by atoms with Crippen molar-refractivity contribution < 1.29 is 4.79 Å². The highest BCUT2D eigenvalue weighted by molar-refractivity contribution is 7.15. The molecule has 2 aliphatic rings. The summed E-state index contributed by atoms with van der Waals surface area (Å²) in [5.74, 6) is 0.802. The van der Waals surface area contributed by atoms with Gasteiger partial charge in [-0.25, -0.2) is 14.5 Å². The molecule has 2 fully saturated rings. The van der Waals surface area contributed by atoms with Crippen molar-refractivity contribution in [2.75, 3.05) is 18.4 Å². The summed E-state index contributed by atoms with van der Waals surface area (Å²) in [6.45, 7) is 3.79. The van der Waals surface area contributed by atoms with Crippen molar-refractivity contribution >= 4 is 22.5 Å². The molecule has 0 unspecified atom stereocenters. The van der Waals surface area contributed by atoms with Crippen LogP contribution < -0.4 is 10.9 Å². The van der Waals surface area contributed by atoms with Crippen molar-refractivity contribution in [1.29, 1.82) is 0 Å². The van der Waals surface area contributed by atoms with Crippen LogP contribution in [0.1, 0.15) is 29.3 Å². The van der Waals surface area contributed by atoms with Crippen molar-refractivity contribution in [3.05, 3.63) is 39.3 Å². The van der Waals surface area contributed by atoms with Crippen LogP contribution in [0.25, 0.3) is 0 Å². The summed E-state index contributed by atoms with van der Waals surface area (Å²) in [6.07, 6.45) is 4.07. The Morgan fingerprint density at radius 1 is 1.38 bits per heavy atom. The number of anilines is 1. The van der Waals surface area contributed by atoms with Crippen molar-refractivity contribution in [1.82, 2.24) is 19.7 Å². The summed E-state index contributed by atoms with van der Waals surface area (Å²) in [5.41, 5.74) is 0.947. The summed E-state index contributed by atoms with van der Waals surface area (Å²) < 4.78 is 1.55. The Kier molecular flexibility index (Phi) is 3.84. The highest BCUT2D eigenvalue weighted by Gasteiger charge is 2.32. The van der Waals surface area contributed by atoms with Crippen molar-refractivity contribution in [3.63, 3.8) is 0 Å². The van der Waals surface area contributed by atoms with Crippen LogP contribution in [-0.2, 0) is 6.54 Å². The number of aryl methyl sites for hydroxylation is 1. The minimum atomic E-state index is -0.132. The van der Waals surface area contributed by atoms with Gasteiger partial charge in [-0.05, 0) is 25.8 Å². The zero-order valence-corrected chi connectivity index (χ0v) is 14.3. The van der Waals surface area contributed by atoms with E-state index in [1.807, 2.05) is 13.0 Å². The molecule has 8 heteroatoms. The van der Waals surface area contributed by atoms with E-state index in [4.69, 9.17) is 0 Å². The smallest absolute Gasteiger partial charge is 0.323 e. The molecule has 0 aromatic carbocycles. The standard InChI is InChI=1S/C16H19N5O2S/c1-10-6-17-15(24-10)18-16(23)20-7-11(8-20)9-21-14(22)5-4-13(19-21)12-2-3-12/h4-6,11-12H,2-3,7-9H2,1H3,(H,17,18,23). The van der Waals surface area contributed by atoms with Gasteiger partial charge in [-0.1, -0.05) is 0 Å². The molecule has 1 aliphatic heterocycles. The topological polar surface area (TPSA) is 80.1 Å². The van der Waals surface area contributed by atoms with Gasteiger partial charge in [-0.2, -0.15) is 5.10 Å². The molecule has 0 atom stereocenters. The predicted molar refractivity (Wildman–Crippen MR) is 91.4 cm³/mol. The van der Waals surface area contributed by atoms with Crippen LogP contribution in [0, 0.1) is 12.8 Å². The number of aromatic nitrogens is 3. The first-order valence-corrected chi connectivity index (χ1v) is 8.96. The van der Waals surface area contributed by atoms with Gasteiger partial charge in [0.2, 0.25) is 0 Å². The number of urea groups is 1. The average molecular weight is 345 g/mol. The average Bonchev–Trinajstić information content (AvgIpc) is 3.27. The van der Waals surface area contributed by atoms with Gasteiger partial charge in [0.1, 0.15) is 0 Å². The van der Waals surface area contributed by atoms with Crippen LogP contribution in [-0.4, -0.2) is 38.8 Å². The zero-order chi connectivity index (χ0) is 16.7. The fourth-order valence-corrected chi connectivity index (χ4v) is 3.53. The maximum absolute atomic E-state index is 12.1. The maximum Gasteiger partial charge on any atom is 0.323 e. The zero-order valence-electron chi connectivity index (χ0n) is 13.4. The van der Waals surface area contributed by atoms with E-state index < -0.39 is 0 Å². The van der Waals surface area contributed by atoms with E-state index in [1.165, 1.54) is 24.2 Å². The highest BCUT2D eigenvalue weighted by atomic mass is 32.1. The molecule has 126 valence electrons. The van der Waals surface area contributed by atoms with E-state index in [0.717, 1.165) is 10.6 Å². The van der Waals surface area contributed by atoms with Crippen LogP contribution >= 0.6 is 11.3 Å². The van der Waals surface area contributed by atoms with Crippen LogP contribution in [0.2, 0.25) is 0 Å². The minimum absolute atomic E-state index is 0.0689. The molecular weight excluding hydrogens is 326 g/mol. The maximum atomic E-state index is 12.1. The first-order chi connectivity index (χ1) is 11.6. The molecule has 0 spiro atoms. The van der Waals surface area contributed by atoms with Crippen molar-refractivity contribution in [2.24, 2.45) is 5.92 Å². The Morgan fingerprint density at radius 2 is 2.17 bits per heavy atom. The second kappa shape index (κ2) is 6.01. The van der Waals surface area contributed by atoms with Gasteiger partial charge >= 0.3 is 6.03 Å². The molecule has 1 aliphatic carbocycles. The second-order valence-corrected chi connectivity index (χ2v) is 7.76. The highest BCUT2D eigenvalue weighted by Crippen LogP contribution is 2.38. The van der Waals surface area contributed by atoms with Gasteiger partial charge in [0, 0.05) is 42.1 Å². The number of amides is 2. The second-order valence-electron chi connectivity index (χ2n) is 6.53. The van der Waals surface area contributed by atoms with E-state index in [-0.39, 0.29) is 17.5 Å². The van der Waals surface area contributed by atoms with Gasteiger partial charge in [0.05, 0.1) is 12.2 Å². The Bertz CT molecular complexity index is 820. The third-order valence-corrected chi connectivity index (χ3v) is 5.22. The van der Waals surface area contributed by atoms with Crippen LogP contribution in [0.5, 0.6) is 0 Å². The van der Waals surface area contributed by atoms with E-state index in [2.05, 4.69) is 15.4 Å². The Labute approximate surface area is 143 Å². The number of hydrogen-bond acceptors (Lipinski definition) is 5. The molecule has 4 rings (SSSR count). The van der Waals surface area contributed by atoms with Crippen molar-refractivity contribution in [3.8, 4) is 0 Å². The lowest BCUT2D eigenvalue weighted by atomic mass is 10.0. The van der Waals surface area contributed by atoms with Crippen LogP contribution in [0.4, 0.5) is 9.93 Å². The summed E-state index contributed by atoms with van der Waals surface area (Å²) in [7, 11) is 0. The van der Waals surface area contributed by atoms with E-state index in [1.54, 1.807) is 21.8 Å². The molecule has 0 bridgehead atoms. The number of carbonyl (C=O) groups is 1. The fraction of sp³-hybridized carbons (Fsp3) is 0.500. The molecule has 7 nitrogen and oxygen atoms in total. The van der Waals surface area contributed by atoms with Gasteiger partial charge in [-0.15, -0.1) is 11.3 Å². The molecule has 1 saturated heterocycles. The fourth-order valence-electron chi connectivity index (χ4n) is 2.87. The van der Waals surface area contributed by atoms with Gasteiger partial charge in [0.25, 0.3) is 5.56 Å². The Hall–Kier alpha value is -2.22. The lowest BCUT2D eigenvalue weighted by Gasteiger charge is -2.38. The van der Waals surface area contributed by atoms with Crippen molar-refractivity contribution in [2.45, 2.75) is 32.2 Å². The number of nitrogens with one attached hydrogen (secondary N) is 1. The minimum Gasteiger partial charge on any atom is -0.324 e. The molecule has 1 N–H and O–H groups in total. The van der Waals surface area contributed by atoms with Crippen LogP contribution in [0.3, 0.4) is 0 Å². The molecule has 2 aromatic rings. The summed E-state index contributed by atoms with van der Waals surface area (Å²) >= 11 is 1.46. The van der Waals surface area contributed by atoms with E-state index >= 15 is 0 Å². The Morgan fingerprint density at radius 3 is 2.83 bits per heavy atom. The van der Waals surface area contributed by atoms with E-state index in [9.17, 15) is 9.59 Å². The number of thiazole rings is 1. The molecule has 24 heavy (non-hydrogen) atoms. The lowest BCUT2D eigenvalue weighted by molar-refractivity contribution is 0.116. The SMILES string of the molecule is Cc1cnc(NC(=O)N2CC(Cn3nc(C4CC4)ccc3=O)C2)s1. The quantitative estimate of drug-likeness (QED) is 0.920. The molecule has 1 saturated carbocycles. The first-order valence-electron chi connectivity index (χ1n) is 8.15. The van der Waals surface area contributed by atoms with Crippen LogP contribution in [0.15, 0.2) is 23.1 Å². The lowest BCUT2D eigenvalue weighted by Crippen LogP contribution is -2.53. The van der Waals surface area contributed by atoms with Gasteiger partial charge in [-0.3, -0.25) is 10.1 Å². The molecule has 2 amide bonds. The number of nitrogens with zero attached hydrogens (tertiary/aromatic N) is 4. The summed E-state index contributed by atoms with van der Waals surface area (Å²) in [4.78, 5) is 31.0. The van der Waals surface area contributed by atoms with Gasteiger partial charge in [0.15, 0.2) is 5.13 Å². The number of hydrogen-bond donors (Lipinski definition) is 1. The molecule has 0 radical (unpaired) electrons. The third-order valence-electron chi connectivity index (χ3n) is 4.39. The van der Waals surface area contributed by atoms with E-state index in [0.29, 0.717) is 30.7 Å². The molecule has 2 aromatic heterocycles. The molecule has 3 heterocycles. The third kappa shape index (κ3) is 3.19.